The molecule has 0 spiro atoms. The molecule has 2 aromatic rings. The smallest absolute Gasteiger partial charge is 0.366 e. The van der Waals surface area contributed by atoms with E-state index in [-0.39, 0.29) is 44.0 Å². The number of hydrogen-bond acceptors (Lipinski definition) is 6. The highest BCUT2D eigenvalue weighted by Gasteiger charge is 2.34. The molecule has 0 aromatic heterocycles. The lowest BCUT2D eigenvalue weighted by Crippen LogP contribution is -2.48. The van der Waals surface area contributed by atoms with Crippen LogP contribution in [0.4, 0.5) is 18.9 Å². The fourth-order valence-corrected chi connectivity index (χ4v) is 4.84. The van der Waals surface area contributed by atoms with Gasteiger partial charge in [0.15, 0.2) is 0 Å². The van der Waals surface area contributed by atoms with Gasteiger partial charge >= 0.3 is 6.18 Å². The van der Waals surface area contributed by atoms with Crippen molar-refractivity contribution in [3.8, 4) is 0 Å². The van der Waals surface area contributed by atoms with Crippen molar-refractivity contribution in [1.29, 1.82) is 0 Å². The van der Waals surface area contributed by atoms with Crippen molar-refractivity contribution in [3.05, 3.63) is 69.3 Å². The molecule has 32 heavy (non-hydrogen) atoms. The summed E-state index contributed by atoms with van der Waals surface area (Å²) in [6, 6.07) is 7.44. The van der Waals surface area contributed by atoms with Crippen molar-refractivity contribution in [2.24, 2.45) is 5.73 Å². The summed E-state index contributed by atoms with van der Waals surface area (Å²) in [7, 11) is -4.13. The molecule has 0 unspecified atom stereocenters. The molecular weight excluding hydrogens is 453 g/mol. The topological polar surface area (TPSA) is 127 Å². The van der Waals surface area contributed by atoms with Crippen LogP contribution in [0.15, 0.2) is 47.4 Å². The predicted molar refractivity (Wildman–Crippen MR) is 107 cm³/mol. The SMILES string of the molecule is NC(=O)c1ccc(CN2CCN(S(=O)(=O)c3cccc(C(F)(F)F)c3)CC2)c([N+](=O)[O-])c1. The van der Waals surface area contributed by atoms with Gasteiger partial charge in [0.25, 0.3) is 5.69 Å². The maximum absolute atomic E-state index is 12.9. The van der Waals surface area contributed by atoms with Gasteiger partial charge in [-0.3, -0.25) is 19.8 Å². The quantitative estimate of drug-likeness (QED) is 0.507. The van der Waals surface area contributed by atoms with Crippen LogP contribution >= 0.6 is 0 Å². The van der Waals surface area contributed by atoms with Crippen molar-refractivity contribution in [3.63, 3.8) is 0 Å². The average Bonchev–Trinajstić information content (AvgIpc) is 2.73. The van der Waals surface area contributed by atoms with Crippen molar-refractivity contribution >= 4 is 21.6 Å². The normalized spacial score (nSPS) is 16.1. The van der Waals surface area contributed by atoms with Gasteiger partial charge in [-0.2, -0.15) is 17.5 Å². The number of sulfonamides is 1. The number of primary amides is 1. The minimum absolute atomic E-state index is 0.00236. The first-order valence-corrected chi connectivity index (χ1v) is 10.8. The van der Waals surface area contributed by atoms with Gasteiger partial charge in [0, 0.05) is 49.9 Å². The molecule has 0 saturated carbocycles. The van der Waals surface area contributed by atoms with Gasteiger partial charge in [0.05, 0.1) is 15.4 Å². The largest absolute Gasteiger partial charge is 0.416 e. The molecule has 2 N–H and O–H groups in total. The lowest BCUT2D eigenvalue weighted by Gasteiger charge is -2.34. The van der Waals surface area contributed by atoms with E-state index >= 15 is 0 Å². The lowest BCUT2D eigenvalue weighted by atomic mass is 10.1. The van der Waals surface area contributed by atoms with Crippen LogP contribution in [0, 0.1) is 10.1 Å². The molecule has 1 aliphatic heterocycles. The number of rotatable bonds is 6. The number of nitrogens with two attached hydrogens (primary N) is 1. The maximum Gasteiger partial charge on any atom is 0.416 e. The summed E-state index contributed by atoms with van der Waals surface area (Å²) >= 11 is 0. The first kappa shape index (κ1) is 23.6. The summed E-state index contributed by atoms with van der Waals surface area (Å²) in [4.78, 5) is 23.3. The monoisotopic (exact) mass is 472 g/mol. The summed E-state index contributed by atoms with van der Waals surface area (Å²) in [5, 5.41) is 11.3. The molecule has 1 saturated heterocycles. The Balaban J connectivity index is 1.72. The van der Waals surface area contributed by atoms with Crippen LogP contribution in [0.2, 0.25) is 0 Å². The molecule has 172 valence electrons. The first-order chi connectivity index (χ1) is 14.9. The minimum atomic E-state index is -4.66. The molecule has 9 nitrogen and oxygen atoms in total. The van der Waals surface area contributed by atoms with Gasteiger partial charge in [-0.1, -0.05) is 12.1 Å². The minimum Gasteiger partial charge on any atom is -0.366 e. The summed E-state index contributed by atoms with van der Waals surface area (Å²) in [6.45, 7) is 0.574. The number of amides is 1. The van der Waals surface area contributed by atoms with E-state index in [1.54, 1.807) is 4.90 Å². The van der Waals surface area contributed by atoms with Crippen molar-refractivity contribution in [2.45, 2.75) is 17.6 Å². The van der Waals surface area contributed by atoms with E-state index < -0.39 is 37.5 Å². The van der Waals surface area contributed by atoms with E-state index in [9.17, 15) is 36.5 Å². The van der Waals surface area contributed by atoms with Crippen LogP contribution < -0.4 is 5.73 Å². The summed E-state index contributed by atoms with van der Waals surface area (Å²) in [6.07, 6.45) is -4.66. The molecule has 3 rings (SSSR count). The van der Waals surface area contributed by atoms with E-state index in [1.807, 2.05) is 0 Å². The molecule has 2 aromatic carbocycles. The fraction of sp³-hybridized carbons (Fsp3) is 0.316. The van der Waals surface area contributed by atoms with Gasteiger partial charge in [0.1, 0.15) is 0 Å². The zero-order valence-corrected chi connectivity index (χ0v) is 17.4. The Morgan fingerprint density at radius 3 is 2.31 bits per heavy atom. The van der Waals surface area contributed by atoms with Crippen molar-refractivity contribution in [1.82, 2.24) is 9.21 Å². The second kappa shape index (κ2) is 8.84. The van der Waals surface area contributed by atoms with Gasteiger partial charge < -0.3 is 5.73 Å². The Kier molecular flexibility index (Phi) is 6.53. The van der Waals surface area contributed by atoms with Crippen molar-refractivity contribution < 1.29 is 31.3 Å². The molecule has 0 aliphatic carbocycles. The Labute approximate surface area is 181 Å². The molecule has 1 fully saturated rings. The summed E-state index contributed by atoms with van der Waals surface area (Å²) in [5.41, 5.74) is 4.15. The van der Waals surface area contributed by atoms with Crippen LogP contribution in [0.1, 0.15) is 21.5 Å². The second-order valence-corrected chi connectivity index (χ2v) is 9.11. The Bertz CT molecular complexity index is 1150. The molecular formula is C19H19F3N4O5S. The number of alkyl halides is 3. The highest BCUT2D eigenvalue weighted by molar-refractivity contribution is 7.89. The third-order valence-electron chi connectivity index (χ3n) is 5.09. The highest BCUT2D eigenvalue weighted by atomic mass is 32.2. The van der Waals surface area contributed by atoms with Gasteiger partial charge in [-0.25, -0.2) is 8.42 Å². The summed E-state index contributed by atoms with van der Waals surface area (Å²) in [5.74, 6) is -0.798. The predicted octanol–water partition coefficient (Wildman–Crippen LogP) is 2.22. The van der Waals surface area contributed by atoms with Crippen LogP contribution in [-0.4, -0.2) is 54.6 Å². The highest BCUT2D eigenvalue weighted by Crippen LogP contribution is 2.31. The maximum atomic E-state index is 12.9. The average molecular weight is 472 g/mol. The molecule has 13 heteroatoms. The third-order valence-corrected chi connectivity index (χ3v) is 6.99. The van der Waals surface area contributed by atoms with E-state index in [1.165, 1.54) is 12.1 Å². The van der Waals surface area contributed by atoms with Crippen LogP contribution in [0.3, 0.4) is 0 Å². The zero-order valence-electron chi connectivity index (χ0n) is 16.6. The standard InChI is InChI=1S/C19H19F3N4O5S/c20-19(21,22)15-2-1-3-16(11-15)32(30,31)25-8-6-24(7-9-25)12-14-5-4-13(18(23)27)10-17(14)26(28)29/h1-5,10-11H,6-9,12H2,(H2,23,27). The second-order valence-electron chi connectivity index (χ2n) is 7.17. The number of halogens is 3. The number of nitrogens with zero attached hydrogens (tertiary/aromatic N) is 3. The Hall–Kier alpha value is -3.03. The van der Waals surface area contributed by atoms with Gasteiger partial charge in [-0.05, 0) is 24.3 Å². The molecule has 0 atom stereocenters. The van der Waals surface area contributed by atoms with E-state index in [2.05, 4.69) is 0 Å². The molecule has 0 radical (unpaired) electrons. The first-order valence-electron chi connectivity index (χ1n) is 9.36. The summed E-state index contributed by atoms with van der Waals surface area (Å²) < 4.78 is 65.4. The number of nitro groups is 1. The number of piperazine rings is 1. The van der Waals surface area contributed by atoms with E-state index in [4.69, 9.17) is 5.73 Å². The number of carbonyl (C=O) groups excluding carboxylic acids is 1. The molecule has 1 heterocycles. The zero-order chi connectivity index (χ0) is 23.7. The van der Waals surface area contributed by atoms with Crippen LogP contribution in [-0.2, 0) is 22.7 Å². The molecule has 0 bridgehead atoms. The number of nitro benzene ring substituents is 1. The molecule has 1 aliphatic rings. The lowest BCUT2D eigenvalue weighted by molar-refractivity contribution is -0.385. The van der Waals surface area contributed by atoms with E-state index in [0.29, 0.717) is 11.6 Å². The fourth-order valence-electron chi connectivity index (χ4n) is 3.37. The molecule has 1 amide bonds. The third kappa shape index (κ3) is 5.06. The Morgan fingerprint density at radius 1 is 1.09 bits per heavy atom. The number of benzene rings is 2. The van der Waals surface area contributed by atoms with Crippen LogP contribution in [0.5, 0.6) is 0 Å². The van der Waals surface area contributed by atoms with Gasteiger partial charge in [0.2, 0.25) is 15.9 Å². The van der Waals surface area contributed by atoms with E-state index in [0.717, 1.165) is 28.6 Å². The Morgan fingerprint density at radius 2 is 1.75 bits per heavy atom. The van der Waals surface area contributed by atoms with Gasteiger partial charge in [-0.15, -0.1) is 0 Å². The number of hydrogen-bond donors (Lipinski definition) is 1. The van der Waals surface area contributed by atoms with Crippen molar-refractivity contribution in [2.75, 3.05) is 26.2 Å². The van der Waals surface area contributed by atoms with Crippen LogP contribution in [0.25, 0.3) is 0 Å². The number of carbonyl (C=O) groups is 1.